The molecule has 5 nitrogen and oxygen atoms in total. The zero-order valence-electron chi connectivity index (χ0n) is 10.9. The molecule has 19 heavy (non-hydrogen) atoms. The monoisotopic (exact) mass is 320 g/mol. The summed E-state index contributed by atoms with van der Waals surface area (Å²) in [7, 11) is 1.73. The van der Waals surface area contributed by atoms with Crippen molar-refractivity contribution in [2.75, 3.05) is 5.73 Å². The van der Waals surface area contributed by atoms with Gasteiger partial charge in [0.05, 0.1) is 11.4 Å². The molecular weight excluding hydrogens is 308 g/mol. The summed E-state index contributed by atoms with van der Waals surface area (Å²) in [6.07, 6.45) is 0. The van der Waals surface area contributed by atoms with E-state index in [-0.39, 0.29) is 0 Å². The largest absolute Gasteiger partial charge is 0.435 e. The molecule has 0 fully saturated rings. The predicted molar refractivity (Wildman–Crippen MR) is 76.0 cm³/mol. The van der Waals surface area contributed by atoms with E-state index in [0.29, 0.717) is 28.6 Å². The van der Waals surface area contributed by atoms with Gasteiger partial charge in [-0.3, -0.25) is 0 Å². The van der Waals surface area contributed by atoms with Crippen molar-refractivity contribution in [1.82, 2.24) is 9.78 Å². The average Bonchev–Trinajstić information content (AvgIpc) is 2.57. The first kappa shape index (κ1) is 13.4. The van der Waals surface area contributed by atoms with Crippen LogP contribution < -0.4 is 10.5 Å². The fraction of sp³-hybridized carbons (Fsp3) is 0.231. The van der Waals surface area contributed by atoms with Crippen molar-refractivity contribution in [2.45, 2.75) is 13.8 Å². The van der Waals surface area contributed by atoms with Crippen molar-refractivity contribution >= 4 is 21.6 Å². The normalized spacial score (nSPS) is 10.3. The van der Waals surface area contributed by atoms with Gasteiger partial charge < -0.3 is 10.5 Å². The fourth-order valence-electron chi connectivity index (χ4n) is 1.87. The number of nitriles is 1. The first-order valence-electron chi connectivity index (χ1n) is 5.61. The van der Waals surface area contributed by atoms with Gasteiger partial charge in [-0.05, 0) is 31.5 Å². The summed E-state index contributed by atoms with van der Waals surface area (Å²) in [5.74, 6) is 0.944. The molecule has 1 aromatic carbocycles. The number of nitrogens with two attached hydrogens (primary N) is 1. The van der Waals surface area contributed by atoms with Gasteiger partial charge in [-0.2, -0.15) is 10.4 Å². The number of hydrogen-bond donors (Lipinski definition) is 1. The van der Waals surface area contributed by atoms with Crippen molar-refractivity contribution in [3.63, 3.8) is 0 Å². The van der Waals surface area contributed by atoms with Gasteiger partial charge >= 0.3 is 0 Å². The molecule has 0 saturated heterocycles. The minimum Gasteiger partial charge on any atom is -0.435 e. The van der Waals surface area contributed by atoms with Crippen LogP contribution in [0.5, 0.6) is 11.6 Å². The van der Waals surface area contributed by atoms with E-state index in [1.807, 2.05) is 13.0 Å². The lowest BCUT2D eigenvalue weighted by Gasteiger charge is -2.12. The fourth-order valence-corrected chi connectivity index (χ4v) is 2.46. The molecule has 6 heteroatoms. The molecule has 0 atom stereocenters. The van der Waals surface area contributed by atoms with Crippen LogP contribution in [0.2, 0.25) is 0 Å². The van der Waals surface area contributed by atoms with Crippen molar-refractivity contribution in [3.05, 3.63) is 33.4 Å². The second-order valence-electron chi connectivity index (χ2n) is 4.24. The Morgan fingerprint density at radius 2 is 2.11 bits per heavy atom. The summed E-state index contributed by atoms with van der Waals surface area (Å²) < 4.78 is 8.22. The smallest absolute Gasteiger partial charge is 0.235 e. The van der Waals surface area contributed by atoms with Crippen LogP contribution in [0, 0.1) is 25.2 Å². The van der Waals surface area contributed by atoms with Gasteiger partial charge in [-0.25, -0.2) is 4.68 Å². The maximum absolute atomic E-state index is 9.15. The number of nitrogen functional groups attached to an aromatic ring is 1. The van der Waals surface area contributed by atoms with E-state index in [4.69, 9.17) is 15.7 Å². The van der Waals surface area contributed by atoms with Crippen LogP contribution in [-0.4, -0.2) is 9.78 Å². The number of nitrogens with zero attached hydrogens (tertiary/aromatic N) is 3. The van der Waals surface area contributed by atoms with Crippen LogP contribution in [0.4, 0.5) is 5.69 Å². The van der Waals surface area contributed by atoms with Gasteiger partial charge in [0.25, 0.3) is 0 Å². The van der Waals surface area contributed by atoms with E-state index in [1.54, 1.807) is 20.0 Å². The molecule has 1 aromatic heterocycles. The maximum atomic E-state index is 9.15. The number of anilines is 1. The molecule has 0 amide bonds. The van der Waals surface area contributed by atoms with Crippen LogP contribution >= 0.6 is 15.9 Å². The summed E-state index contributed by atoms with van der Waals surface area (Å²) in [6, 6.07) is 5.76. The molecule has 2 N–H and O–H groups in total. The molecule has 0 bridgehead atoms. The van der Waals surface area contributed by atoms with Gasteiger partial charge in [-0.15, -0.1) is 0 Å². The lowest BCUT2D eigenvalue weighted by molar-refractivity contribution is 0.428. The maximum Gasteiger partial charge on any atom is 0.235 e. The summed E-state index contributed by atoms with van der Waals surface area (Å²) >= 11 is 3.37. The second kappa shape index (κ2) is 4.94. The lowest BCUT2D eigenvalue weighted by Crippen LogP contribution is -2.00. The Labute approximate surface area is 119 Å². The highest BCUT2D eigenvalue weighted by molar-refractivity contribution is 9.10. The van der Waals surface area contributed by atoms with Crippen LogP contribution in [0.3, 0.4) is 0 Å². The van der Waals surface area contributed by atoms with Gasteiger partial charge in [-0.1, -0.05) is 15.9 Å². The summed E-state index contributed by atoms with van der Waals surface area (Å²) in [5.41, 5.74) is 8.40. The third-order valence-electron chi connectivity index (χ3n) is 2.75. The first-order chi connectivity index (χ1) is 8.93. The van der Waals surface area contributed by atoms with E-state index >= 15 is 0 Å². The average molecular weight is 321 g/mol. The Balaban J connectivity index is 2.51. The van der Waals surface area contributed by atoms with E-state index < -0.39 is 0 Å². The van der Waals surface area contributed by atoms with Crippen molar-refractivity contribution in [1.29, 1.82) is 5.26 Å². The highest BCUT2D eigenvalue weighted by atomic mass is 79.9. The molecule has 98 valence electrons. The Morgan fingerprint density at radius 3 is 2.68 bits per heavy atom. The highest BCUT2D eigenvalue weighted by Crippen LogP contribution is 2.35. The van der Waals surface area contributed by atoms with Gasteiger partial charge in [0.1, 0.15) is 11.6 Å². The number of hydrogen-bond acceptors (Lipinski definition) is 4. The van der Waals surface area contributed by atoms with Crippen LogP contribution in [0.25, 0.3) is 0 Å². The molecule has 0 unspecified atom stereocenters. The van der Waals surface area contributed by atoms with Crippen molar-refractivity contribution in [2.24, 2.45) is 7.05 Å². The Morgan fingerprint density at radius 1 is 1.42 bits per heavy atom. The van der Waals surface area contributed by atoms with Crippen molar-refractivity contribution in [3.8, 4) is 17.7 Å². The molecule has 1 heterocycles. The Hall–Kier alpha value is -2.00. The molecule has 2 aromatic rings. The molecule has 0 radical (unpaired) electrons. The van der Waals surface area contributed by atoms with Crippen LogP contribution in [0.1, 0.15) is 16.8 Å². The standard InChI is InChI=1S/C13H13BrN4O/c1-7-4-9(14)5-11(16)12(7)19-13-10(6-15)8(2)17-18(13)3/h4-5H,16H2,1-3H3. The quantitative estimate of drug-likeness (QED) is 0.863. The molecule has 0 aliphatic heterocycles. The molecule has 2 rings (SSSR count). The summed E-state index contributed by atoms with van der Waals surface area (Å²) in [5, 5.41) is 13.3. The number of aromatic nitrogens is 2. The van der Waals surface area contributed by atoms with E-state index in [2.05, 4.69) is 27.1 Å². The second-order valence-corrected chi connectivity index (χ2v) is 5.16. The van der Waals surface area contributed by atoms with Crippen LogP contribution in [-0.2, 0) is 7.05 Å². The third kappa shape index (κ3) is 2.42. The van der Waals surface area contributed by atoms with Crippen molar-refractivity contribution < 1.29 is 4.74 Å². The number of aryl methyl sites for hydroxylation is 3. The van der Waals surface area contributed by atoms with Gasteiger partial charge in [0, 0.05) is 11.5 Å². The molecular formula is C13H13BrN4O. The van der Waals surface area contributed by atoms with Gasteiger partial charge in [0.2, 0.25) is 5.88 Å². The zero-order valence-corrected chi connectivity index (χ0v) is 12.4. The zero-order chi connectivity index (χ0) is 14.2. The molecule has 0 aliphatic carbocycles. The highest BCUT2D eigenvalue weighted by Gasteiger charge is 2.17. The summed E-state index contributed by atoms with van der Waals surface area (Å²) in [6.45, 7) is 3.66. The number of benzene rings is 1. The molecule has 0 aliphatic rings. The minimum atomic E-state index is 0.400. The van der Waals surface area contributed by atoms with E-state index in [1.165, 1.54) is 4.68 Å². The molecule has 0 spiro atoms. The first-order valence-corrected chi connectivity index (χ1v) is 6.40. The Kier molecular flexibility index (Phi) is 3.49. The van der Waals surface area contributed by atoms with E-state index in [0.717, 1.165) is 10.0 Å². The van der Waals surface area contributed by atoms with Crippen LogP contribution in [0.15, 0.2) is 16.6 Å². The van der Waals surface area contributed by atoms with E-state index in [9.17, 15) is 0 Å². The minimum absolute atomic E-state index is 0.400. The number of ether oxygens (including phenoxy) is 1. The third-order valence-corrected chi connectivity index (χ3v) is 3.21. The summed E-state index contributed by atoms with van der Waals surface area (Å²) in [4.78, 5) is 0. The lowest BCUT2D eigenvalue weighted by atomic mass is 10.2. The molecule has 0 saturated carbocycles. The number of rotatable bonds is 2. The predicted octanol–water partition coefficient (Wildman–Crippen LogP) is 3.05. The van der Waals surface area contributed by atoms with Gasteiger partial charge in [0.15, 0.2) is 5.75 Å². The number of halogens is 1. The SMILES string of the molecule is Cc1cc(Br)cc(N)c1Oc1c(C#N)c(C)nn1C. The Bertz CT molecular complexity index is 662. The topological polar surface area (TPSA) is 76.9 Å².